The van der Waals surface area contributed by atoms with Crippen LogP contribution in [0.3, 0.4) is 0 Å². The number of alkyl halides is 3. The van der Waals surface area contributed by atoms with E-state index in [1.54, 1.807) is 0 Å². The van der Waals surface area contributed by atoms with Crippen LogP contribution in [0.25, 0.3) is 0 Å². The fourth-order valence-electron chi connectivity index (χ4n) is 2.30. The Morgan fingerprint density at radius 3 is 2.50 bits per heavy atom. The number of aryl methyl sites for hydroxylation is 2. The molecule has 1 amide bonds. The predicted octanol–water partition coefficient (Wildman–Crippen LogP) is 4.05. The topological polar surface area (TPSA) is 41.1 Å². The molecule has 2 N–H and O–H groups in total. The van der Waals surface area contributed by atoms with Crippen LogP contribution in [0.2, 0.25) is 0 Å². The minimum absolute atomic E-state index is 0.0911. The lowest BCUT2D eigenvalue weighted by molar-refractivity contribution is -0.138. The Morgan fingerprint density at radius 1 is 1.08 bits per heavy atom. The van der Waals surface area contributed by atoms with E-state index in [9.17, 15) is 18.0 Å². The van der Waals surface area contributed by atoms with Crippen molar-refractivity contribution >= 4 is 11.6 Å². The molecule has 0 saturated carbocycles. The van der Waals surface area contributed by atoms with Crippen LogP contribution < -0.4 is 10.6 Å². The second-order valence-electron chi connectivity index (χ2n) is 5.65. The molecular formula is C18H19F3N2O. The van der Waals surface area contributed by atoms with Crippen LogP contribution >= 0.6 is 0 Å². The van der Waals surface area contributed by atoms with Gasteiger partial charge >= 0.3 is 6.18 Å². The second-order valence-corrected chi connectivity index (χ2v) is 5.65. The molecule has 0 unspecified atom stereocenters. The maximum Gasteiger partial charge on any atom is 0.416 e. The molecule has 0 aliphatic carbocycles. The van der Waals surface area contributed by atoms with E-state index in [2.05, 4.69) is 10.6 Å². The predicted molar refractivity (Wildman–Crippen MR) is 87.7 cm³/mol. The van der Waals surface area contributed by atoms with Gasteiger partial charge in [0.05, 0.1) is 12.1 Å². The Morgan fingerprint density at radius 2 is 1.83 bits per heavy atom. The van der Waals surface area contributed by atoms with Crippen LogP contribution in [0.1, 0.15) is 22.3 Å². The summed E-state index contributed by atoms with van der Waals surface area (Å²) in [5.74, 6) is -0.286. The highest BCUT2D eigenvalue weighted by Gasteiger charge is 2.32. The molecule has 2 aromatic carbocycles. The van der Waals surface area contributed by atoms with Crippen LogP contribution in [0.5, 0.6) is 0 Å². The molecule has 6 heteroatoms. The quantitative estimate of drug-likeness (QED) is 0.865. The number of halogens is 3. The van der Waals surface area contributed by atoms with Crippen LogP contribution in [0, 0.1) is 13.8 Å². The van der Waals surface area contributed by atoms with Gasteiger partial charge < -0.3 is 10.6 Å². The number of carbonyl (C=O) groups is 1. The molecule has 2 aromatic rings. The van der Waals surface area contributed by atoms with Gasteiger partial charge in [-0.15, -0.1) is 0 Å². The van der Waals surface area contributed by atoms with Gasteiger partial charge in [-0.3, -0.25) is 4.79 Å². The normalized spacial score (nSPS) is 11.2. The summed E-state index contributed by atoms with van der Waals surface area (Å²) < 4.78 is 38.6. The number of hydrogen-bond donors (Lipinski definition) is 2. The molecule has 0 bridgehead atoms. The number of anilines is 1. The molecule has 0 spiro atoms. The number of hydrogen-bond acceptors (Lipinski definition) is 2. The van der Waals surface area contributed by atoms with Crippen molar-refractivity contribution < 1.29 is 18.0 Å². The molecule has 0 aliphatic rings. The molecule has 0 heterocycles. The van der Waals surface area contributed by atoms with Crippen molar-refractivity contribution in [2.45, 2.75) is 26.6 Å². The Kier molecular flexibility index (Phi) is 5.49. The van der Waals surface area contributed by atoms with Crippen molar-refractivity contribution in [3.8, 4) is 0 Å². The number of amides is 1. The standard InChI is InChI=1S/C18H19F3N2O/c1-12-4-3-5-14(8-12)10-23-17(24)11-22-15-7-6-13(2)16(9-15)18(19,20)21/h3-9,22H,10-11H2,1-2H3,(H,23,24). The first-order chi connectivity index (χ1) is 11.3. The van der Waals surface area contributed by atoms with E-state index < -0.39 is 11.7 Å². The average Bonchev–Trinajstić information content (AvgIpc) is 2.51. The third-order valence-electron chi connectivity index (χ3n) is 3.57. The third-order valence-corrected chi connectivity index (χ3v) is 3.57. The van der Waals surface area contributed by atoms with E-state index in [4.69, 9.17) is 0 Å². The smallest absolute Gasteiger partial charge is 0.376 e. The second kappa shape index (κ2) is 7.38. The SMILES string of the molecule is Cc1cccc(CNC(=O)CNc2ccc(C)c(C(F)(F)F)c2)c1. The molecule has 3 nitrogen and oxygen atoms in total. The summed E-state index contributed by atoms with van der Waals surface area (Å²) in [5.41, 5.74) is 1.78. The third kappa shape index (κ3) is 5.01. The maximum absolute atomic E-state index is 12.9. The van der Waals surface area contributed by atoms with Crippen molar-refractivity contribution in [2.75, 3.05) is 11.9 Å². The number of rotatable bonds is 5. The van der Waals surface area contributed by atoms with Crippen molar-refractivity contribution in [3.05, 3.63) is 64.7 Å². The molecule has 24 heavy (non-hydrogen) atoms. The lowest BCUT2D eigenvalue weighted by Gasteiger charge is -2.13. The van der Waals surface area contributed by atoms with Gasteiger partial charge in [0, 0.05) is 12.2 Å². The fourth-order valence-corrected chi connectivity index (χ4v) is 2.30. The molecule has 0 radical (unpaired) electrons. The van der Waals surface area contributed by atoms with Gasteiger partial charge in [0.25, 0.3) is 0 Å². The van der Waals surface area contributed by atoms with Gasteiger partial charge in [-0.25, -0.2) is 0 Å². The summed E-state index contributed by atoms with van der Waals surface area (Å²) in [5, 5.41) is 5.45. The lowest BCUT2D eigenvalue weighted by atomic mass is 10.1. The highest BCUT2D eigenvalue weighted by atomic mass is 19.4. The van der Waals surface area contributed by atoms with Crippen molar-refractivity contribution in [2.24, 2.45) is 0 Å². The molecule has 0 atom stereocenters. The van der Waals surface area contributed by atoms with Crippen LogP contribution in [-0.4, -0.2) is 12.5 Å². The number of benzene rings is 2. The van der Waals surface area contributed by atoms with Gasteiger partial charge in [-0.05, 0) is 37.1 Å². The Labute approximate surface area is 138 Å². The van der Waals surface area contributed by atoms with Gasteiger partial charge in [0.15, 0.2) is 0 Å². The Bertz CT molecular complexity index is 726. The lowest BCUT2D eigenvalue weighted by Crippen LogP contribution is -2.29. The zero-order valence-electron chi connectivity index (χ0n) is 13.5. The highest BCUT2D eigenvalue weighted by Crippen LogP contribution is 2.33. The van der Waals surface area contributed by atoms with Crippen molar-refractivity contribution in [3.63, 3.8) is 0 Å². The van der Waals surface area contributed by atoms with Gasteiger partial charge in [-0.2, -0.15) is 13.2 Å². The fraction of sp³-hybridized carbons (Fsp3) is 0.278. The summed E-state index contributed by atoms with van der Waals surface area (Å²) >= 11 is 0. The first kappa shape index (κ1) is 17.8. The van der Waals surface area contributed by atoms with Crippen LogP contribution in [-0.2, 0) is 17.5 Å². The van der Waals surface area contributed by atoms with Crippen molar-refractivity contribution in [1.82, 2.24) is 5.32 Å². The molecule has 2 rings (SSSR count). The summed E-state index contributed by atoms with van der Waals surface area (Å²) in [7, 11) is 0. The van der Waals surface area contributed by atoms with E-state index in [1.807, 2.05) is 31.2 Å². The molecular weight excluding hydrogens is 317 g/mol. The first-order valence-corrected chi connectivity index (χ1v) is 7.49. The van der Waals surface area contributed by atoms with E-state index in [0.717, 1.165) is 17.2 Å². The minimum atomic E-state index is -4.41. The summed E-state index contributed by atoms with van der Waals surface area (Å²) in [6, 6.07) is 11.7. The van der Waals surface area contributed by atoms with E-state index >= 15 is 0 Å². The first-order valence-electron chi connectivity index (χ1n) is 7.49. The molecule has 0 aromatic heterocycles. The van der Waals surface area contributed by atoms with E-state index in [1.165, 1.54) is 19.1 Å². The Balaban J connectivity index is 1.90. The zero-order valence-corrected chi connectivity index (χ0v) is 13.5. The summed E-state index contributed by atoms with van der Waals surface area (Å²) in [4.78, 5) is 11.8. The van der Waals surface area contributed by atoms with Crippen LogP contribution in [0.15, 0.2) is 42.5 Å². The highest BCUT2D eigenvalue weighted by molar-refractivity contribution is 5.80. The van der Waals surface area contributed by atoms with Gasteiger partial charge in [0.2, 0.25) is 5.91 Å². The largest absolute Gasteiger partial charge is 0.416 e. The van der Waals surface area contributed by atoms with Gasteiger partial charge in [-0.1, -0.05) is 35.9 Å². The summed E-state index contributed by atoms with van der Waals surface area (Å²) in [6.45, 7) is 3.65. The molecule has 0 fully saturated rings. The average molecular weight is 336 g/mol. The minimum Gasteiger partial charge on any atom is -0.376 e. The zero-order chi connectivity index (χ0) is 17.7. The molecule has 0 saturated heterocycles. The van der Waals surface area contributed by atoms with Crippen molar-refractivity contribution in [1.29, 1.82) is 0 Å². The molecule has 0 aliphatic heterocycles. The monoisotopic (exact) mass is 336 g/mol. The van der Waals surface area contributed by atoms with E-state index in [0.29, 0.717) is 6.54 Å². The Hall–Kier alpha value is -2.50. The van der Waals surface area contributed by atoms with Gasteiger partial charge in [0.1, 0.15) is 0 Å². The molecule has 128 valence electrons. The number of nitrogens with one attached hydrogen (secondary N) is 2. The number of carbonyl (C=O) groups excluding carboxylic acids is 1. The maximum atomic E-state index is 12.9. The van der Waals surface area contributed by atoms with Crippen LogP contribution in [0.4, 0.5) is 18.9 Å². The summed E-state index contributed by atoms with van der Waals surface area (Å²) in [6.07, 6.45) is -4.41. The van der Waals surface area contributed by atoms with E-state index in [-0.39, 0.29) is 23.7 Å².